The summed E-state index contributed by atoms with van der Waals surface area (Å²) in [6.45, 7) is 1.97. The topological polar surface area (TPSA) is 73.8 Å². The molecule has 0 radical (unpaired) electrons. The molecular weight excluding hydrogens is 560 g/mol. The largest absolute Gasteiger partial charge is 0.463 e. The molecule has 4 aromatic rings. The maximum atomic E-state index is 13.8. The zero-order chi connectivity index (χ0) is 25.2. The van der Waals surface area contributed by atoms with Gasteiger partial charge in [-0.25, -0.2) is 9.79 Å². The molecule has 0 aliphatic carbocycles. The summed E-state index contributed by atoms with van der Waals surface area (Å²) < 4.78 is 13.7. The van der Waals surface area contributed by atoms with Gasteiger partial charge in [-0.05, 0) is 58.9 Å². The summed E-state index contributed by atoms with van der Waals surface area (Å²) in [6, 6.07) is 20.2. The lowest BCUT2D eigenvalue weighted by Crippen LogP contribution is -2.40. The van der Waals surface area contributed by atoms with Gasteiger partial charge in [0, 0.05) is 16.5 Å². The first-order chi connectivity index (χ1) is 17.5. The fourth-order valence-corrected chi connectivity index (χ4v) is 5.79. The second-order valence-electron chi connectivity index (χ2n) is 7.85. The van der Waals surface area contributed by atoms with Gasteiger partial charge in [0.25, 0.3) is 5.56 Å². The van der Waals surface area contributed by atoms with Crippen LogP contribution < -0.4 is 14.9 Å². The molecule has 0 fully saturated rings. The molecule has 3 heterocycles. The molecule has 5 rings (SSSR count). The third-order valence-corrected chi connectivity index (χ3v) is 7.83. The first-order valence-electron chi connectivity index (χ1n) is 11.2. The average molecular weight is 582 g/mol. The molecule has 1 aliphatic heterocycles. The maximum Gasteiger partial charge on any atom is 0.338 e. The minimum absolute atomic E-state index is 0.209. The van der Waals surface area contributed by atoms with Crippen LogP contribution in [0.3, 0.4) is 0 Å². The molecule has 0 bridgehead atoms. The Morgan fingerprint density at radius 3 is 2.56 bits per heavy atom. The number of ether oxygens (including phenoxy) is 1. The van der Waals surface area contributed by atoms with Crippen LogP contribution in [0.1, 0.15) is 29.9 Å². The summed E-state index contributed by atoms with van der Waals surface area (Å²) in [5.41, 5.74) is 2.16. The summed E-state index contributed by atoms with van der Waals surface area (Å²) >= 11 is 6.19. The molecule has 2 aromatic heterocycles. The second kappa shape index (κ2) is 10.5. The van der Waals surface area contributed by atoms with Gasteiger partial charge in [0.1, 0.15) is 5.76 Å². The van der Waals surface area contributed by atoms with Crippen LogP contribution in [0.4, 0.5) is 0 Å². The summed E-state index contributed by atoms with van der Waals surface area (Å²) in [5.74, 6) is 0.0456. The monoisotopic (exact) mass is 580 g/mol. The molecule has 0 unspecified atom stereocenters. The van der Waals surface area contributed by atoms with Crippen LogP contribution in [0.5, 0.6) is 0 Å². The predicted octanol–water partition coefficient (Wildman–Crippen LogP) is 5.01. The van der Waals surface area contributed by atoms with Crippen LogP contribution in [0.15, 0.2) is 96.1 Å². The third-order valence-electron chi connectivity index (χ3n) is 5.67. The summed E-state index contributed by atoms with van der Waals surface area (Å²) in [7, 11) is 0. The van der Waals surface area contributed by atoms with Crippen LogP contribution in [0, 0.1) is 0 Å². The smallest absolute Gasteiger partial charge is 0.338 e. The van der Waals surface area contributed by atoms with Crippen LogP contribution in [0.25, 0.3) is 11.8 Å². The average Bonchev–Trinajstić information content (AvgIpc) is 3.45. The number of thioether (sulfide) groups is 1. The molecule has 9 heteroatoms. The molecule has 36 heavy (non-hydrogen) atoms. The van der Waals surface area contributed by atoms with E-state index in [0.29, 0.717) is 31.0 Å². The van der Waals surface area contributed by atoms with Gasteiger partial charge in [0.15, 0.2) is 9.47 Å². The van der Waals surface area contributed by atoms with Gasteiger partial charge in [-0.2, -0.15) is 0 Å². The zero-order valence-corrected chi connectivity index (χ0v) is 22.7. The number of carbonyl (C=O) groups excluding carboxylic acids is 1. The summed E-state index contributed by atoms with van der Waals surface area (Å²) in [4.78, 5) is 33.6. The maximum absolute atomic E-state index is 13.8. The van der Waals surface area contributed by atoms with E-state index in [1.807, 2.05) is 60.9 Å². The number of furan rings is 1. The van der Waals surface area contributed by atoms with E-state index in [1.54, 1.807) is 41.5 Å². The highest BCUT2D eigenvalue weighted by Crippen LogP contribution is 2.35. The Morgan fingerprint density at radius 1 is 1.17 bits per heavy atom. The van der Waals surface area contributed by atoms with Crippen LogP contribution in [0.2, 0.25) is 0 Å². The Morgan fingerprint density at radius 2 is 1.92 bits per heavy atom. The Hall–Kier alpha value is -3.14. The number of rotatable bonds is 6. The molecule has 2 aromatic carbocycles. The van der Waals surface area contributed by atoms with Crippen molar-refractivity contribution >= 4 is 56.8 Å². The predicted molar refractivity (Wildman–Crippen MR) is 146 cm³/mol. The van der Waals surface area contributed by atoms with Crippen LogP contribution in [-0.2, 0) is 9.53 Å². The lowest BCUT2D eigenvalue weighted by molar-refractivity contribution is -0.138. The molecule has 6 nitrogen and oxygen atoms in total. The van der Waals surface area contributed by atoms with Crippen molar-refractivity contribution in [2.24, 2.45) is 4.99 Å². The lowest BCUT2D eigenvalue weighted by atomic mass is 9.93. The second-order valence-corrected chi connectivity index (χ2v) is 10.5. The van der Waals surface area contributed by atoms with Gasteiger partial charge >= 0.3 is 5.97 Å². The van der Waals surface area contributed by atoms with E-state index in [0.717, 1.165) is 16.0 Å². The molecular formula is C27H21BrN2O4S2. The zero-order valence-electron chi connectivity index (χ0n) is 19.4. The first-order valence-corrected chi connectivity index (χ1v) is 14.0. The SMILES string of the molecule is CCOC(=O)C1=C(c2ccccc2)N=c2s/c(=C\c3ccc(Br)o3)c(=O)n2[C@H]1c1ccc(SC)cc1. The van der Waals surface area contributed by atoms with Gasteiger partial charge in [-0.15, -0.1) is 11.8 Å². The van der Waals surface area contributed by atoms with Gasteiger partial charge in [-0.1, -0.05) is 53.8 Å². The van der Waals surface area contributed by atoms with Crippen molar-refractivity contribution in [1.29, 1.82) is 0 Å². The van der Waals surface area contributed by atoms with Gasteiger partial charge in [0.2, 0.25) is 0 Å². The van der Waals surface area contributed by atoms with E-state index in [2.05, 4.69) is 15.9 Å². The molecule has 182 valence electrons. The van der Waals surface area contributed by atoms with Crippen LogP contribution in [-0.4, -0.2) is 23.4 Å². The van der Waals surface area contributed by atoms with Gasteiger partial charge < -0.3 is 9.15 Å². The Kier molecular flexibility index (Phi) is 7.13. The number of carbonyl (C=O) groups is 1. The Bertz CT molecular complexity index is 1630. The standard InChI is InChI=1S/C27H21BrN2O4S2/c1-3-33-26(32)22-23(16-7-5-4-6-8-16)29-27-30(24(22)17-9-12-19(35-2)13-10-17)25(31)20(36-27)15-18-11-14-21(28)34-18/h4-15,24H,3H2,1-2H3/b20-15-/t24-/m0/s1. The quantitative estimate of drug-likeness (QED) is 0.237. The third kappa shape index (κ3) is 4.66. The molecule has 1 atom stereocenters. The summed E-state index contributed by atoms with van der Waals surface area (Å²) in [5, 5.41) is 0. The number of benzene rings is 2. The molecule has 1 aliphatic rings. The number of aromatic nitrogens is 1. The fraction of sp³-hybridized carbons (Fsp3) is 0.148. The highest BCUT2D eigenvalue weighted by molar-refractivity contribution is 9.10. The Labute approximate surface area is 223 Å². The van der Waals surface area contributed by atoms with Crippen LogP contribution >= 0.6 is 39.0 Å². The highest BCUT2D eigenvalue weighted by Gasteiger charge is 2.35. The van der Waals surface area contributed by atoms with E-state index >= 15 is 0 Å². The minimum Gasteiger partial charge on any atom is -0.463 e. The number of esters is 1. The molecule has 0 saturated carbocycles. The number of thiazole rings is 1. The molecule has 0 amide bonds. The van der Waals surface area contributed by atoms with E-state index in [1.165, 1.54) is 11.3 Å². The fourth-order valence-electron chi connectivity index (χ4n) is 4.08. The van der Waals surface area contributed by atoms with E-state index in [4.69, 9.17) is 14.1 Å². The van der Waals surface area contributed by atoms with E-state index in [-0.39, 0.29) is 12.2 Å². The van der Waals surface area contributed by atoms with E-state index < -0.39 is 12.0 Å². The number of hydrogen-bond donors (Lipinski definition) is 0. The Balaban J connectivity index is 1.82. The minimum atomic E-state index is -0.697. The van der Waals surface area contributed by atoms with Crippen molar-refractivity contribution < 1.29 is 13.9 Å². The first kappa shape index (κ1) is 24.5. The normalized spacial score (nSPS) is 15.5. The molecule has 0 N–H and O–H groups in total. The van der Waals surface area contributed by atoms with Crippen molar-refractivity contribution in [3.05, 3.63) is 114 Å². The molecule has 0 spiro atoms. The van der Waals surface area contributed by atoms with Crippen molar-refractivity contribution in [3.8, 4) is 0 Å². The lowest BCUT2D eigenvalue weighted by Gasteiger charge is -2.26. The van der Waals surface area contributed by atoms with Crippen molar-refractivity contribution in [1.82, 2.24) is 4.57 Å². The van der Waals surface area contributed by atoms with Gasteiger partial charge in [-0.3, -0.25) is 9.36 Å². The number of fused-ring (bicyclic) bond motifs is 1. The van der Waals surface area contributed by atoms with Crippen molar-refractivity contribution in [3.63, 3.8) is 0 Å². The van der Waals surface area contributed by atoms with Gasteiger partial charge in [0.05, 0.1) is 28.5 Å². The van der Waals surface area contributed by atoms with E-state index in [9.17, 15) is 9.59 Å². The number of halogens is 1. The number of nitrogens with zero attached hydrogens (tertiary/aromatic N) is 2. The summed E-state index contributed by atoms with van der Waals surface area (Å²) in [6.07, 6.45) is 3.70. The molecule has 0 saturated heterocycles. The highest BCUT2D eigenvalue weighted by atomic mass is 79.9. The number of hydrogen-bond acceptors (Lipinski definition) is 7. The van der Waals surface area contributed by atoms with Crippen molar-refractivity contribution in [2.45, 2.75) is 17.9 Å². The van der Waals surface area contributed by atoms with Crippen molar-refractivity contribution in [2.75, 3.05) is 12.9 Å².